The Balaban J connectivity index is 2.51. The molecule has 0 radical (unpaired) electrons. The van der Waals surface area contributed by atoms with Crippen molar-refractivity contribution in [1.82, 2.24) is 10.2 Å². The van der Waals surface area contributed by atoms with E-state index >= 15 is 0 Å². The average Bonchev–Trinajstić information content (AvgIpc) is 2.35. The summed E-state index contributed by atoms with van der Waals surface area (Å²) in [6, 6.07) is 8.19. The molecule has 0 amide bonds. The zero-order valence-corrected chi connectivity index (χ0v) is 12.2. The molecular formula is C15H24N2O2. The summed E-state index contributed by atoms with van der Waals surface area (Å²) >= 11 is 0. The number of nitrogens with zero attached hydrogens (tertiary/aromatic N) is 1. The fraction of sp³-hybridized carbons (Fsp3) is 0.533. The minimum atomic E-state index is -0.787. The van der Waals surface area contributed by atoms with Crippen LogP contribution in [0.5, 0.6) is 0 Å². The van der Waals surface area contributed by atoms with Crippen molar-refractivity contribution in [3.8, 4) is 0 Å². The Hall–Kier alpha value is -1.39. The van der Waals surface area contributed by atoms with Gasteiger partial charge in [-0.3, -0.25) is 4.79 Å². The van der Waals surface area contributed by atoms with Crippen LogP contribution in [-0.4, -0.2) is 42.7 Å². The first kappa shape index (κ1) is 15.7. The first-order valence-corrected chi connectivity index (χ1v) is 6.60. The van der Waals surface area contributed by atoms with E-state index < -0.39 is 11.9 Å². The number of nitrogens with one attached hydrogen (secondary N) is 1. The number of hydrogen-bond donors (Lipinski definition) is 2. The van der Waals surface area contributed by atoms with Crippen LogP contribution >= 0.6 is 0 Å². The highest BCUT2D eigenvalue weighted by molar-refractivity contribution is 5.75. The van der Waals surface area contributed by atoms with Gasteiger partial charge in [-0.1, -0.05) is 24.3 Å². The highest BCUT2D eigenvalue weighted by Crippen LogP contribution is 2.16. The Bertz CT molecular complexity index is 401. The second kappa shape index (κ2) is 7.26. The van der Waals surface area contributed by atoms with Crippen molar-refractivity contribution in [1.29, 1.82) is 0 Å². The number of benzene rings is 1. The second-order valence-electron chi connectivity index (χ2n) is 5.35. The molecule has 0 bridgehead atoms. The SMILES string of the molecule is CC(CN(C)C)NCc1ccc(C(C)C(=O)O)cc1. The molecule has 2 unspecified atom stereocenters. The van der Waals surface area contributed by atoms with Gasteiger partial charge in [0.1, 0.15) is 0 Å². The van der Waals surface area contributed by atoms with Crippen molar-refractivity contribution in [2.45, 2.75) is 32.4 Å². The third-order valence-electron chi connectivity index (χ3n) is 3.14. The molecule has 0 heterocycles. The summed E-state index contributed by atoms with van der Waals surface area (Å²) in [5, 5.41) is 12.4. The van der Waals surface area contributed by atoms with Crippen LogP contribution in [-0.2, 0) is 11.3 Å². The van der Waals surface area contributed by atoms with Crippen molar-refractivity contribution in [2.24, 2.45) is 0 Å². The molecule has 0 fully saturated rings. The number of carboxylic acid groups (broad SMARTS) is 1. The predicted octanol–water partition coefficient (Wildman–Crippen LogP) is 1.91. The fourth-order valence-corrected chi connectivity index (χ4v) is 1.97. The zero-order valence-electron chi connectivity index (χ0n) is 12.2. The molecule has 4 heteroatoms. The highest BCUT2D eigenvalue weighted by Gasteiger charge is 2.13. The molecule has 0 spiro atoms. The van der Waals surface area contributed by atoms with E-state index in [9.17, 15) is 4.79 Å². The second-order valence-corrected chi connectivity index (χ2v) is 5.35. The average molecular weight is 264 g/mol. The molecule has 19 heavy (non-hydrogen) atoms. The van der Waals surface area contributed by atoms with Crippen molar-refractivity contribution >= 4 is 5.97 Å². The molecule has 0 saturated heterocycles. The van der Waals surface area contributed by atoms with Crippen molar-refractivity contribution in [3.63, 3.8) is 0 Å². The smallest absolute Gasteiger partial charge is 0.310 e. The maximum atomic E-state index is 10.9. The van der Waals surface area contributed by atoms with Crippen LogP contribution in [0.1, 0.15) is 30.9 Å². The van der Waals surface area contributed by atoms with Crippen LogP contribution in [0.4, 0.5) is 0 Å². The van der Waals surface area contributed by atoms with Gasteiger partial charge in [-0.05, 0) is 39.1 Å². The molecule has 0 aliphatic heterocycles. The summed E-state index contributed by atoms with van der Waals surface area (Å²) in [6.07, 6.45) is 0. The van der Waals surface area contributed by atoms with Gasteiger partial charge in [-0.15, -0.1) is 0 Å². The van der Waals surface area contributed by atoms with Crippen LogP contribution in [0, 0.1) is 0 Å². The molecule has 106 valence electrons. The van der Waals surface area contributed by atoms with Gasteiger partial charge < -0.3 is 15.3 Å². The molecule has 0 aliphatic carbocycles. The number of hydrogen-bond acceptors (Lipinski definition) is 3. The number of carbonyl (C=O) groups is 1. The number of rotatable bonds is 7. The lowest BCUT2D eigenvalue weighted by Gasteiger charge is -2.18. The van der Waals surface area contributed by atoms with E-state index in [0.717, 1.165) is 18.7 Å². The Morgan fingerprint density at radius 1 is 1.26 bits per heavy atom. The van der Waals surface area contributed by atoms with Crippen LogP contribution in [0.2, 0.25) is 0 Å². The lowest BCUT2D eigenvalue weighted by Crippen LogP contribution is -2.35. The first-order valence-electron chi connectivity index (χ1n) is 6.60. The lowest BCUT2D eigenvalue weighted by atomic mass is 10.00. The molecule has 0 saturated carbocycles. The number of aliphatic carboxylic acids is 1. The van der Waals surface area contributed by atoms with Crippen LogP contribution in [0.3, 0.4) is 0 Å². The van der Waals surface area contributed by atoms with Crippen molar-refractivity contribution in [3.05, 3.63) is 35.4 Å². The standard InChI is InChI=1S/C15H24N2O2/c1-11(10-17(3)4)16-9-13-5-7-14(8-6-13)12(2)15(18)19/h5-8,11-12,16H,9-10H2,1-4H3,(H,18,19). The maximum absolute atomic E-state index is 10.9. The van der Waals surface area contributed by atoms with Gasteiger partial charge in [0.05, 0.1) is 5.92 Å². The van der Waals surface area contributed by atoms with E-state index in [-0.39, 0.29) is 0 Å². The van der Waals surface area contributed by atoms with E-state index in [0.29, 0.717) is 6.04 Å². The number of carboxylic acids is 1. The van der Waals surface area contributed by atoms with Crippen LogP contribution < -0.4 is 5.32 Å². The maximum Gasteiger partial charge on any atom is 0.310 e. The van der Waals surface area contributed by atoms with E-state index in [1.165, 1.54) is 5.56 Å². The van der Waals surface area contributed by atoms with Gasteiger partial charge in [0, 0.05) is 19.1 Å². The molecule has 4 nitrogen and oxygen atoms in total. The Morgan fingerprint density at radius 3 is 2.32 bits per heavy atom. The first-order chi connectivity index (χ1) is 8.90. The molecule has 2 N–H and O–H groups in total. The summed E-state index contributed by atoms with van der Waals surface area (Å²) in [7, 11) is 4.11. The molecule has 0 aliphatic rings. The van der Waals surface area contributed by atoms with Crippen molar-refractivity contribution < 1.29 is 9.90 Å². The third-order valence-corrected chi connectivity index (χ3v) is 3.14. The normalized spacial score (nSPS) is 14.4. The summed E-state index contributed by atoms with van der Waals surface area (Å²) in [6.45, 7) is 5.65. The summed E-state index contributed by atoms with van der Waals surface area (Å²) in [5.74, 6) is -1.24. The van der Waals surface area contributed by atoms with Crippen LogP contribution in [0.15, 0.2) is 24.3 Å². The predicted molar refractivity (Wildman–Crippen MR) is 77.3 cm³/mol. The fourth-order valence-electron chi connectivity index (χ4n) is 1.97. The topological polar surface area (TPSA) is 52.6 Å². The van der Waals surface area contributed by atoms with E-state index in [2.05, 4.69) is 31.2 Å². The Labute approximate surface area is 115 Å². The Morgan fingerprint density at radius 2 is 1.84 bits per heavy atom. The van der Waals surface area contributed by atoms with Gasteiger partial charge in [-0.25, -0.2) is 0 Å². The molecule has 2 atom stereocenters. The summed E-state index contributed by atoms with van der Waals surface area (Å²) < 4.78 is 0. The zero-order chi connectivity index (χ0) is 14.4. The largest absolute Gasteiger partial charge is 0.481 e. The van der Waals surface area contributed by atoms with E-state index in [4.69, 9.17) is 5.11 Å². The molecule has 1 aromatic carbocycles. The quantitative estimate of drug-likeness (QED) is 0.790. The molecular weight excluding hydrogens is 240 g/mol. The van der Waals surface area contributed by atoms with Crippen molar-refractivity contribution in [2.75, 3.05) is 20.6 Å². The Kier molecular flexibility index (Phi) is 5.99. The molecule has 1 rings (SSSR count). The summed E-state index contributed by atoms with van der Waals surface area (Å²) in [5.41, 5.74) is 2.02. The minimum Gasteiger partial charge on any atom is -0.481 e. The minimum absolute atomic E-state index is 0.424. The molecule has 1 aromatic rings. The van der Waals surface area contributed by atoms with Gasteiger partial charge in [-0.2, -0.15) is 0 Å². The van der Waals surface area contributed by atoms with Gasteiger partial charge in [0.2, 0.25) is 0 Å². The monoisotopic (exact) mass is 264 g/mol. The van der Waals surface area contributed by atoms with Gasteiger partial charge in [0.25, 0.3) is 0 Å². The number of likely N-dealkylation sites (N-methyl/N-ethyl adjacent to an activating group) is 1. The lowest BCUT2D eigenvalue weighted by molar-refractivity contribution is -0.138. The highest BCUT2D eigenvalue weighted by atomic mass is 16.4. The van der Waals surface area contributed by atoms with Crippen LogP contribution in [0.25, 0.3) is 0 Å². The van der Waals surface area contributed by atoms with Gasteiger partial charge >= 0.3 is 5.97 Å². The summed E-state index contributed by atoms with van der Waals surface area (Å²) in [4.78, 5) is 13.0. The van der Waals surface area contributed by atoms with E-state index in [1.54, 1.807) is 6.92 Å². The third kappa shape index (κ3) is 5.41. The van der Waals surface area contributed by atoms with Gasteiger partial charge in [0.15, 0.2) is 0 Å². The van der Waals surface area contributed by atoms with E-state index in [1.807, 2.05) is 24.3 Å². The molecule has 0 aromatic heterocycles.